The summed E-state index contributed by atoms with van der Waals surface area (Å²) in [6.07, 6.45) is 6.21. The van der Waals surface area contributed by atoms with Crippen LogP contribution in [0.25, 0.3) is 11.0 Å². The molecule has 1 unspecified atom stereocenters. The van der Waals surface area contributed by atoms with Gasteiger partial charge in [-0.3, -0.25) is 0 Å². The SMILES string of the molecule is Cc1ccnc(Oc2ccc3c(nnn3CC3CC3)c2Br)c1N1CCCC1OCCl. The Morgan fingerprint density at radius 3 is 2.90 bits per heavy atom. The lowest BCUT2D eigenvalue weighted by atomic mass is 10.2. The summed E-state index contributed by atoms with van der Waals surface area (Å²) in [6, 6.07) is 6.11. The number of nitrogens with zero attached hydrogens (tertiary/aromatic N) is 5. The van der Waals surface area contributed by atoms with Gasteiger partial charge in [0, 0.05) is 19.3 Å². The van der Waals surface area contributed by atoms with E-state index in [-0.39, 0.29) is 12.3 Å². The number of fused-ring (bicyclic) bond motifs is 1. The minimum Gasteiger partial charge on any atom is -0.436 e. The molecule has 5 rings (SSSR count). The van der Waals surface area contributed by atoms with Crippen molar-refractivity contribution in [1.29, 1.82) is 0 Å². The quantitative estimate of drug-likeness (QED) is 0.420. The third kappa shape index (κ3) is 3.76. The number of pyridine rings is 1. The highest BCUT2D eigenvalue weighted by Gasteiger charge is 2.30. The van der Waals surface area contributed by atoms with Crippen molar-refractivity contribution in [3.63, 3.8) is 0 Å². The largest absolute Gasteiger partial charge is 0.436 e. The zero-order valence-electron chi connectivity index (χ0n) is 16.7. The lowest BCUT2D eigenvalue weighted by Crippen LogP contribution is -2.32. The van der Waals surface area contributed by atoms with Crippen molar-refractivity contribution in [2.24, 2.45) is 5.92 Å². The van der Waals surface area contributed by atoms with Crippen LogP contribution >= 0.6 is 27.5 Å². The summed E-state index contributed by atoms with van der Waals surface area (Å²) < 4.78 is 14.8. The smallest absolute Gasteiger partial charge is 0.243 e. The monoisotopic (exact) mass is 491 g/mol. The van der Waals surface area contributed by atoms with Crippen molar-refractivity contribution in [3.05, 3.63) is 34.4 Å². The lowest BCUT2D eigenvalue weighted by molar-refractivity contribution is 0.0951. The average molecular weight is 493 g/mol. The average Bonchev–Trinajstić information content (AvgIpc) is 3.28. The second kappa shape index (κ2) is 8.32. The first-order valence-corrected chi connectivity index (χ1v) is 11.6. The highest BCUT2D eigenvalue weighted by Crippen LogP contribution is 2.41. The Kier molecular flexibility index (Phi) is 5.56. The fourth-order valence-corrected chi connectivity index (χ4v) is 4.68. The first-order valence-electron chi connectivity index (χ1n) is 10.2. The number of anilines is 1. The van der Waals surface area contributed by atoms with E-state index in [9.17, 15) is 0 Å². The normalized spacial score (nSPS) is 19.0. The molecule has 30 heavy (non-hydrogen) atoms. The van der Waals surface area contributed by atoms with Crippen LogP contribution < -0.4 is 9.64 Å². The van der Waals surface area contributed by atoms with Crippen molar-refractivity contribution in [3.8, 4) is 11.6 Å². The van der Waals surface area contributed by atoms with Gasteiger partial charge in [-0.05, 0) is 78.2 Å². The topological polar surface area (TPSA) is 65.3 Å². The van der Waals surface area contributed by atoms with Crippen molar-refractivity contribution in [2.75, 3.05) is 17.5 Å². The van der Waals surface area contributed by atoms with E-state index in [2.05, 4.69) is 43.0 Å². The van der Waals surface area contributed by atoms with Crippen LogP contribution in [0.4, 0.5) is 5.69 Å². The molecule has 0 N–H and O–H groups in total. The van der Waals surface area contributed by atoms with Crippen LogP contribution in [0.2, 0.25) is 0 Å². The van der Waals surface area contributed by atoms with Gasteiger partial charge < -0.3 is 14.4 Å². The number of aromatic nitrogens is 4. The molecular weight excluding hydrogens is 470 g/mol. The molecule has 2 aliphatic rings. The molecule has 1 aliphatic heterocycles. The van der Waals surface area contributed by atoms with Gasteiger partial charge in [0.15, 0.2) is 0 Å². The molecule has 1 atom stereocenters. The predicted molar refractivity (Wildman–Crippen MR) is 119 cm³/mol. The van der Waals surface area contributed by atoms with E-state index in [0.717, 1.165) is 58.6 Å². The number of benzene rings is 1. The van der Waals surface area contributed by atoms with Gasteiger partial charge in [-0.2, -0.15) is 0 Å². The fraction of sp³-hybridized carbons (Fsp3) is 0.476. The third-order valence-electron chi connectivity index (χ3n) is 5.76. The second-order valence-electron chi connectivity index (χ2n) is 7.91. The zero-order chi connectivity index (χ0) is 20.7. The molecule has 0 bridgehead atoms. The van der Waals surface area contributed by atoms with E-state index in [1.54, 1.807) is 6.20 Å². The van der Waals surface area contributed by atoms with E-state index < -0.39 is 0 Å². The van der Waals surface area contributed by atoms with E-state index in [1.807, 2.05) is 22.9 Å². The van der Waals surface area contributed by atoms with E-state index >= 15 is 0 Å². The maximum Gasteiger partial charge on any atom is 0.243 e. The lowest BCUT2D eigenvalue weighted by Gasteiger charge is -2.28. The van der Waals surface area contributed by atoms with Gasteiger partial charge >= 0.3 is 0 Å². The summed E-state index contributed by atoms with van der Waals surface area (Å²) in [6.45, 7) is 3.85. The van der Waals surface area contributed by atoms with Crippen LogP contribution in [0.1, 0.15) is 31.2 Å². The molecule has 2 aromatic heterocycles. The highest BCUT2D eigenvalue weighted by molar-refractivity contribution is 9.10. The minimum absolute atomic E-state index is 0.0685. The Morgan fingerprint density at radius 1 is 1.23 bits per heavy atom. The van der Waals surface area contributed by atoms with Gasteiger partial charge in [0.1, 0.15) is 29.2 Å². The molecule has 0 spiro atoms. The molecule has 1 saturated carbocycles. The second-order valence-corrected chi connectivity index (χ2v) is 8.92. The van der Waals surface area contributed by atoms with Crippen molar-refractivity contribution in [2.45, 2.75) is 45.4 Å². The molecule has 0 amide bonds. The van der Waals surface area contributed by atoms with Crippen LogP contribution in [-0.4, -0.2) is 38.8 Å². The number of halogens is 2. The molecule has 3 heterocycles. The van der Waals surface area contributed by atoms with E-state index in [1.165, 1.54) is 12.8 Å². The van der Waals surface area contributed by atoms with Gasteiger partial charge in [-0.15, -0.1) is 5.10 Å². The molecule has 1 aliphatic carbocycles. The van der Waals surface area contributed by atoms with Crippen molar-refractivity contribution in [1.82, 2.24) is 20.0 Å². The van der Waals surface area contributed by atoms with Gasteiger partial charge in [-0.1, -0.05) is 16.8 Å². The van der Waals surface area contributed by atoms with Crippen LogP contribution in [0.3, 0.4) is 0 Å². The third-order valence-corrected chi connectivity index (χ3v) is 6.65. The fourth-order valence-electron chi connectivity index (χ4n) is 4.04. The van der Waals surface area contributed by atoms with E-state index in [4.69, 9.17) is 21.1 Å². The van der Waals surface area contributed by atoms with Crippen LogP contribution in [0, 0.1) is 12.8 Å². The first-order chi connectivity index (χ1) is 14.7. The van der Waals surface area contributed by atoms with Gasteiger partial charge in [-0.25, -0.2) is 9.67 Å². The number of hydrogen-bond acceptors (Lipinski definition) is 6. The molecule has 2 fully saturated rings. The molecule has 0 radical (unpaired) electrons. The first kappa shape index (κ1) is 20.0. The summed E-state index contributed by atoms with van der Waals surface area (Å²) in [4.78, 5) is 6.73. The Balaban J connectivity index is 1.48. The number of aryl methyl sites for hydroxylation is 1. The molecule has 9 heteroatoms. The number of ether oxygens (including phenoxy) is 2. The highest BCUT2D eigenvalue weighted by atomic mass is 79.9. The zero-order valence-corrected chi connectivity index (χ0v) is 19.1. The van der Waals surface area contributed by atoms with Crippen LogP contribution in [0.5, 0.6) is 11.6 Å². The summed E-state index contributed by atoms with van der Waals surface area (Å²) in [5.74, 6) is 1.94. The van der Waals surface area contributed by atoms with Crippen LogP contribution in [-0.2, 0) is 11.3 Å². The molecule has 7 nitrogen and oxygen atoms in total. The molecule has 1 aromatic carbocycles. The maximum atomic E-state index is 6.31. The predicted octanol–water partition coefficient (Wildman–Crippen LogP) is 5.24. The Bertz CT molecular complexity index is 1070. The van der Waals surface area contributed by atoms with Crippen LogP contribution in [0.15, 0.2) is 28.9 Å². The minimum atomic E-state index is -0.0685. The molecule has 1 saturated heterocycles. The maximum absolute atomic E-state index is 6.31. The Labute approximate surface area is 188 Å². The van der Waals surface area contributed by atoms with Crippen molar-refractivity contribution >= 4 is 44.3 Å². The van der Waals surface area contributed by atoms with E-state index in [0.29, 0.717) is 11.6 Å². The molecular formula is C21H23BrClN5O2. The number of alkyl halides is 1. The standard InChI is InChI=1S/C21H23BrClN5O2/c1-13-8-9-24-21(20(13)27-10-2-3-17(27)29-12-23)30-16-7-6-15-19(18(16)22)25-26-28(15)11-14-4-5-14/h6-9,14,17H,2-5,10-12H2,1H3. The summed E-state index contributed by atoms with van der Waals surface area (Å²) in [5, 5.41) is 8.71. The summed E-state index contributed by atoms with van der Waals surface area (Å²) >= 11 is 9.51. The molecule has 3 aromatic rings. The van der Waals surface area contributed by atoms with Gasteiger partial charge in [0.05, 0.1) is 9.99 Å². The number of hydrogen-bond donors (Lipinski definition) is 0. The van der Waals surface area contributed by atoms with Crippen molar-refractivity contribution < 1.29 is 9.47 Å². The van der Waals surface area contributed by atoms with Gasteiger partial charge in [0.25, 0.3) is 0 Å². The summed E-state index contributed by atoms with van der Waals surface area (Å²) in [5.41, 5.74) is 3.83. The Hall–Kier alpha value is -1.90. The van der Waals surface area contributed by atoms with Gasteiger partial charge in [0.2, 0.25) is 5.88 Å². The molecule has 158 valence electrons. The Morgan fingerprint density at radius 2 is 2.10 bits per heavy atom. The number of rotatable bonds is 7. The summed E-state index contributed by atoms with van der Waals surface area (Å²) in [7, 11) is 0.